The first-order chi connectivity index (χ1) is 8.40. The Kier molecular flexibility index (Phi) is 5.01. The summed E-state index contributed by atoms with van der Waals surface area (Å²) in [7, 11) is 0. The highest BCUT2D eigenvalue weighted by Gasteiger charge is 2.14. The van der Waals surface area contributed by atoms with Crippen LogP contribution in [-0.2, 0) is 9.53 Å². The van der Waals surface area contributed by atoms with Crippen molar-refractivity contribution in [1.29, 1.82) is 0 Å². The van der Waals surface area contributed by atoms with Gasteiger partial charge in [-0.05, 0) is 37.8 Å². The van der Waals surface area contributed by atoms with E-state index in [9.17, 15) is 15.0 Å². The molecular weight excluding hydrogens is 232 g/mol. The van der Waals surface area contributed by atoms with Gasteiger partial charge in [-0.25, -0.2) is 0 Å². The second kappa shape index (κ2) is 6.28. The van der Waals surface area contributed by atoms with E-state index in [0.717, 1.165) is 5.56 Å². The minimum atomic E-state index is -0.227. The Morgan fingerprint density at radius 1 is 1.28 bits per heavy atom. The minimum Gasteiger partial charge on any atom is -0.508 e. The third-order valence-electron chi connectivity index (χ3n) is 2.69. The number of rotatable bonds is 5. The van der Waals surface area contributed by atoms with Crippen LogP contribution in [0.1, 0.15) is 45.1 Å². The van der Waals surface area contributed by atoms with E-state index in [2.05, 4.69) is 0 Å². The third kappa shape index (κ3) is 4.28. The molecule has 0 amide bonds. The highest BCUT2D eigenvalue weighted by atomic mass is 16.5. The van der Waals surface area contributed by atoms with Crippen LogP contribution in [-0.4, -0.2) is 22.3 Å². The predicted octanol–water partition coefficient (Wildman–Crippen LogP) is 2.93. The third-order valence-corrected chi connectivity index (χ3v) is 2.69. The lowest BCUT2D eigenvalue weighted by Crippen LogP contribution is -2.12. The average Bonchev–Trinajstić information content (AvgIpc) is 2.25. The van der Waals surface area contributed by atoms with E-state index in [1.165, 1.54) is 12.1 Å². The zero-order valence-electron chi connectivity index (χ0n) is 11.0. The predicted molar refractivity (Wildman–Crippen MR) is 68.6 cm³/mol. The van der Waals surface area contributed by atoms with Gasteiger partial charge in [0.1, 0.15) is 11.5 Å². The van der Waals surface area contributed by atoms with E-state index >= 15 is 0 Å². The molecule has 4 nitrogen and oxygen atoms in total. The maximum atomic E-state index is 11.4. The van der Waals surface area contributed by atoms with Crippen LogP contribution in [0.4, 0.5) is 0 Å². The molecule has 0 aliphatic rings. The Labute approximate surface area is 107 Å². The molecule has 0 spiro atoms. The van der Waals surface area contributed by atoms with Gasteiger partial charge in [0.05, 0.1) is 6.10 Å². The molecule has 2 N–H and O–H groups in total. The molecule has 0 aliphatic carbocycles. The second-order valence-corrected chi connectivity index (χ2v) is 4.72. The van der Waals surface area contributed by atoms with Crippen LogP contribution in [0.15, 0.2) is 18.2 Å². The molecule has 1 atom stereocenters. The molecule has 100 valence electrons. The largest absolute Gasteiger partial charge is 0.508 e. The van der Waals surface area contributed by atoms with Crippen LogP contribution in [0.2, 0.25) is 0 Å². The SMILES string of the molecule is CC(C)OC(=O)CCC(C)c1ccc(O)cc1O. The van der Waals surface area contributed by atoms with Crippen LogP contribution < -0.4 is 0 Å². The van der Waals surface area contributed by atoms with Crippen molar-refractivity contribution in [1.82, 2.24) is 0 Å². The summed E-state index contributed by atoms with van der Waals surface area (Å²) in [6, 6.07) is 4.50. The zero-order valence-corrected chi connectivity index (χ0v) is 11.0. The summed E-state index contributed by atoms with van der Waals surface area (Å²) < 4.78 is 5.04. The van der Waals surface area contributed by atoms with Crippen LogP contribution in [0.25, 0.3) is 0 Å². The topological polar surface area (TPSA) is 66.8 Å². The van der Waals surface area contributed by atoms with E-state index in [1.54, 1.807) is 6.07 Å². The Morgan fingerprint density at radius 2 is 1.94 bits per heavy atom. The summed E-state index contributed by atoms with van der Waals surface area (Å²) in [5.74, 6) is -0.108. The molecule has 1 aromatic carbocycles. The maximum absolute atomic E-state index is 11.4. The molecule has 0 radical (unpaired) electrons. The number of phenols is 2. The molecule has 1 rings (SSSR count). The first-order valence-electron chi connectivity index (χ1n) is 6.11. The first kappa shape index (κ1) is 14.4. The van der Waals surface area contributed by atoms with Gasteiger partial charge in [0.2, 0.25) is 0 Å². The fraction of sp³-hybridized carbons (Fsp3) is 0.500. The van der Waals surface area contributed by atoms with Gasteiger partial charge in [-0.1, -0.05) is 13.0 Å². The van der Waals surface area contributed by atoms with E-state index in [0.29, 0.717) is 12.8 Å². The number of carbonyl (C=O) groups is 1. The van der Waals surface area contributed by atoms with Gasteiger partial charge in [0.25, 0.3) is 0 Å². The number of benzene rings is 1. The molecule has 18 heavy (non-hydrogen) atoms. The molecule has 0 aromatic heterocycles. The number of aromatic hydroxyl groups is 2. The Hall–Kier alpha value is -1.71. The summed E-state index contributed by atoms with van der Waals surface area (Å²) in [5.41, 5.74) is 0.727. The monoisotopic (exact) mass is 252 g/mol. The van der Waals surface area contributed by atoms with Crippen molar-refractivity contribution in [3.8, 4) is 11.5 Å². The van der Waals surface area contributed by atoms with Crippen molar-refractivity contribution in [3.63, 3.8) is 0 Å². The van der Waals surface area contributed by atoms with Gasteiger partial charge in [-0.2, -0.15) is 0 Å². The van der Waals surface area contributed by atoms with Gasteiger partial charge < -0.3 is 14.9 Å². The fourth-order valence-corrected chi connectivity index (χ4v) is 1.76. The highest BCUT2D eigenvalue weighted by molar-refractivity contribution is 5.69. The maximum Gasteiger partial charge on any atom is 0.306 e. The van der Waals surface area contributed by atoms with Gasteiger partial charge in [-0.15, -0.1) is 0 Å². The second-order valence-electron chi connectivity index (χ2n) is 4.72. The quantitative estimate of drug-likeness (QED) is 0.791. The normalized spacial score (nSPS) is 12.4. The summed E-state index contributed by atoms with van der Waals surface area (Å²) in [4.78, 5) is 11.4. The Morgan fingerprint density at radius 3 is 2.50 bits per heavy atom. The number of hydrogen-bond acceptors (Lipinski definition) is 4. The molecule has 0 bridgehead atoms. The van der Waals surface area contributed by atoms with Crippen LogP contribution >= 0.6 is 0 Å². The average molecular weight is 252 g/mol. The van der Waals surface area contributed by atoms with Crippen LogP contribution in [0, 0.1) is 0 Å². The summed E-state index contributed by atoms with van der Waals surface area (Å²) in [6.45, 7) is 5.55. The molecule has 0 fully saturated rings. The molecule has 1 aromatic rings. The minimum absolute atomic E-state index is 0.0302. The number of esters is 1. The Bertz CT molecular complexity index is 412. The molecule has 0 aliphatic heterocycles. The van der Waals surface area contributed by atoms with Crippen LogP contribution in [0.3, 0.4) is 0 Å². The lowest BCUT2D eigenvalue weighted by molar-refractivity contribution is -0.147. The summed E-state index contributed by atoms with van der Waals surface area (Å²) in [6.07, 6.45) is 0.818. The Balaban J connectivity index is 2.55. The van der Waals surface area contributed by atoms with Crippen molar-refractivity contribution < 1.29 is 19.7 Å². The highest BCUT2D eigenvalue weighted by Crippen LogP contribution is 2.31. The fourth-order valence-electron chi connectivity index (χ4n) is 1.76. The number of hydrogen-bond donors (Lipinski definition) is 2. The van der Waals surface area contributed by atoms with E-state index in [-0.39, 0.29) is 29.5 Å². The lowest BCUT2D eigenvalue weighted by atomic mass is 9.95. The van der Waals surface area contributed by atoms with Crippen molar-refractivity contribution in [2.24, 2.45) is 0 Å². The van der Waals surface area contributed by atoms with Crippen molar-refractivity contribution in [2.75, 3.05) is 0 Å². The van der Waals surface area contributed by atoms with Crippen LogP contribution in [0.5, 0.6) is 11.5 Å². The molecule has 4 heteroatoms. The van der Waals surface area contributed by atoms with Gasteiger partial charge in [0.15, 0.2) is 0 Å². The molecule has 0 saturated carbocycles. The molecule has 0 heterocycles. The van der Waals surface area contributed by atoms with Crippen molar-refractivity contribution >= 4 is 5.97 Å². The molecule has 1 unspecified atom stereocenters. The smallest absolute Gasteiger partial charge is 0.306 e. The van der Waals surface area contributed by atoms with E-state index in [1.807, 2.05) is 20.8 Å². The number of carbonyl (C=O) groups excluding carboxylic acids is 1. The first-order valence-corrected chi connectivity index (χ1v) is 6.11. The van der Waals surface area contributed by atoms with E-state index < -0.39 is 0 Å². The zero-order chi connectivity index (χ0) is 13.7. The van der Waals surface area contributed by atoms with E-state index in [4.69, 9.17) is 4.74 Å². The number of phenolic OH excluding ortho intramolecular Hbond substituents is 2. The van der Waals surface area contributed by atoms with Gasteiger partial charge >= 0.3 is 5.97 Å². The van der Waals surface area contributed by atoms with Crippen molar-refractivity contribution in [3.05, 3.63) is 23.8 Å². The van der Waals surface area contributed by atoms with Gasteiger partial charge in [-0.3, -0.25) is 4.79 Å². The standard InChI is InChI=1S/C14H20O4/c1-9(2)18-14(17)7-4-10(3)12-6-5-11(15)8-13(12)16/h5-6,8-10,15-16H,4,7H2,1-3H3. The summed E-state index contributed by atoms with van der Waals surface area (Å²) in [5, 5.41) is 18.9. The van der Waals surface area contributed by atoms with Crippen molar-refractivity contribution in [2.45, 2.75) is 45.6 Å². The summed E-state index contributed by atoms with van der Waals surface area (Å²) >= 11 is 0. The molecule has 0 saturated heterocycles. The molecular formula is C14H20O4. The van der Waals surface area contributed by atoms with Gasteiger partial charge in [0, 0.05) is 12.5 Å². The number of ether oxygens (including phenoxy) is 1. The lowest BCUT2D eigenvalue weighted by Gasteiger charge is -2.14.